The Morgan fingerprint density at radius 1 is 1.33 bits per heavy atom. The second-order valence-corrected chi connectivity index (χ2v) is 4.91. The average molecular weight is 254 g/mol. The highest BCUT2D eigenvalue weighted by Crippen LogP contribution is 2.24. The van der Waals surface area contributed by atoms with Crippen LogP contribution in [0.15, 0.2) is 12.1 Å². The van der Waals surface area contributed by atoms with Gasteiger partial charge >= 0.3 is 0 Å². The molecule has 1 aliphatic heterocycles. The van der Waals surface area contributed by atoms with Crippen LogP contribution in [-0.2, 0) is 0 Å². The van der Waals surface area contributed by atoms with Crippen molar-refractivity contribution in [3.05, 3.63) is 29.3 Å². The van der Waals surface area contributed by atoms with Crippen LogP contribution < -0.4 is 10.2 Å². The first-order valence-corrected chi connectivity index (χ1v) is 6.55. The summed E-state index contributed by atoms with van der Waals surface area (Å²) in [6.45, 7) is 6.12. The number of anilines is 1. The molecule has 0 aliphatic carbocycles. The molecule has 4 heteroatoms. The Kier molecular flexibility index (Phi) is 4.17. The Bertz CT molecular complexity index is 421. The highest BCUT2D eigenvalue weighted by Gasteiger charge is 2.20. The predicted octanol–water partition coefficient (Wildman–Crippen LogP) is 2.85. The third-order valence-electron chi connectivity index (χ3n) is 3.54. The molecule has 100 valence electrons. The molecule has 1 atom stereocenters. The number of rotatable bonds is 2. The summed E-state index contributed by atoms with van der Waals surface area (Å²) in [7, 11) is 0. The van der Waals surface area contributed by atoms with E-state index < -0.39 is 0 Å². The lowest BCUT2D eigenvalue weighted by Gasteiger charge is -2.26. The van der Waals surface area contributed by atoms with Gasteiger partial charge in [0.1, 0.15) is 11.6 Å². The van der Waals surface area contributed by atoms with Gasteiger partial charge in [-0.2, -0.15) is 0 Å². The molecule has 1 aromatic carbocycles. The standard InChI is InChI=1S/C14H20F2N2/c1-3-11-9-18(6-4-5-17-11)14-8-12(15)10(2)7-13(14)16/h7-8,11,17H,3-6,9H2,1-2H3. The number of halogens is 2. The van der Waals surface area contributed by atoms with Crippen LogP contribution in [0.5, 0.6) is 0 Å². The van der Waals surface area contributed by atoms with Crippen molar-refractivity contribution in [2.75, 3.05) is 24.5 Å². The van der Waals surface area contributed by atoms with Crippen molar-refractivity contribution < 1.29 is 8.78 Å². The van der Waals surface area contributed by atoms with Gasteiger partial charge in [0.15, 0.2) is 0 Å². The van der Waals surface area contributed by atoms with Crippen molar-refractivity contribution in [3.8, 4) is 0 Å². The van der Waals surface area contributed by atoms with Gasteiger partial charge in [-0.05, 0) is 37.9 Å². The van der Waals surface area contributed by atoms with E-state index >= 15 is 0 Å². The SMILES string of the molecule is CCC1CN(c2cc(F)c(C)cc2F)CCCN1. The normalized spacial score (nSPS) is 20.9. The Balaban J connectivity index is 2.26. The van der Waals surface area contributed by atoms with Crippen LogP contribution in [-0.4, -0.2) is 25.7 Å². The summed E-state index contributed by atoms with van der Waals surface area (Å²) in [6, 6.07) is 2.95. The molecule has 1 heterocycles. The minimum Gasteiger partial charge on any atom is -0.367 e. The third kappa shape index (κ3) is 2.80. The maximum absolute atomic E-state index is 13.9. The predicted molar refractivity (Wildman–Crippen MR) is 70.0 cm³/mol. The monoisotopic (exact) mass is 254 g/mol. The molecule has 0 aromatic heterocycles. The van der Waals surface area contributed by atoms with Crippen molar-refractivity contribution in [3.63, 3.8) is 0 Å². The summed E-state index contributed by atoms with van der Waals surface area (Å²) < 4.78 is 27.5. The minimum atomic E-state index is -0.336. The van der Waals surface area contributed by atoms with Gasteiger partial charge in [0.2, 0.25) is 0 Å². The van der Waals surface area contributed by atoms with E-state index in [4.69, 9.17) is 0 Å². The molecule has 1 N–H and O–H groups in total. The van der Waals surface area contributed by atoms with Gasteiger partial charge in [0.25, 0.3) is 0 Å². The average Bonchev–Trinajstić information content (AvgIpc) is 2.59. The molecule has 1 unspecified atom stereocenters. The minimum absolute atomic E-state index is 0.328. The summed E-state index contributed by atoms with van der Waals surface area (Å²) >= 11 is 0. The van der Waals surface area contributed by atoms with Gasteiger partial charge in [-0.25, -0.2) is 8.78 Å². The van der Waals surface area contributed by atoms with E-state index in [0.29, 0.717) is 17.3 Å². The van der Waals surface area contributed by atoms with Crippen molar-refractivity contribution in [2.45, 2.75) is 32.7 Å². The first-order valence-electron chi connectivity index (χ1n) is 6.55. The number of hydrogen-bond donors (Lipinski definition) is 1. The fourth-order valence-corrected chi connectivity index (χ4v) is 2.37. The highest BCUT2D eigenvalue weighted by molar-refractivity contribution is 5.50. The van der Waals surface area contributed by atoms with Gasteiger partial charge in [-0.1, -0.05) is 6.92 Å². The molecule has 1 saturated heterocycles. The lowest BCUT2D eigenvalue weighted by Crippen LogP contribution is -2.37. The number of benzene rings is 1. The zero-order valence-electron chi connectivity index (χ0n) is 11.0. The van der Waals surface area contributed by atoms with Gasteiger partial charge < -0.3 is 10.2 Å². The Morgan fingerprint density at radius 2 is 2.11 bits per heavy atom. The van der Waals surface area contributed by atoms with E-state index in [1.54, 1.807) is 6.92 Å². The second kappa shape index (κ2) is 5.65. The van der Waals surface area contributed by atoms with E-state index in [9.17, 15) is 8.78 Å². The molecule has 0 radical (unpaired) electrons. The van der Waals surface area contributed by atoms with Crippen molar-refractivity contribution in [2.24, 2.45) is 0 Å². The van der Waals surface area contributed by atoms with E-state index in [0.717, 1.165) is 32.5 Å². The van der Waals surface area contributed by atoms with Crippen LogP contribution in [0.25, 0.3) is 0 Å². The zero-order valence-corrected chi connectivity index (χ0v) is 11.0. The number of hydrogen-bond acceptors (Lipinski definition) is 2. The van der Waals surface area contributed by atoms with Crippen LogP contribution >= 0.6 is 0 Å². The summed E-state index contributed by atoms with van der Waals surface area (Å²) in [4.78, 5) is 1.95. The number of nitrogens with zero attached hydrogens (tertiary/aromatic N) is 1. The van der Waals surface area contributed by atoms with Crippen LogP contribution in [0.2, 0.25) is 0 Å². The summed E-state index contributed by atoms with van der Waals surface area (Å²) in [5, 5.41) is 3.42. The van der Waals surface area contributed by atoms with Gasteiger partial charge in [0.05, 0.1) is 5.69 Å². The van der Waals surface area contributed by atoms with Crippen LogP contribution in [0.1, 0.15) is 25.3 Å². The molecule has 2 nitrogen and oxygen atoms in total. The van der Waals surface area contributed by atoms with Crippen LogP contribution in [0.4, 0.5) is 14.5 Å². The van der Waals surface area contributed by atoms with E-state index in [1.807, 2.05) is 4.90 Å². The fourth-order valence-electron chi connectivity index (χ4n) is 2.37. The van der Waals surface area contributed by atoms with Crippen LogP contribution in [0.3, 0.4) is 0 Å². The largest absolute Gasteiger partial charge is 0.367 e. The molecule has 1 fully saturated rings. The molecular formula is C14H20F2N2. The van der Waals surface area contributed by atoms with Crippen molar-refractivity contribution >= 4 is 5.69 Å². The molecular weight excluding hydrogens is 234 g/mol. The molecule has 18 heavy (non-hydrogen) atoms. The summed E-state index contributed by atoms with van der Waals surface area (Å²) in [5.74, 6) is -0.665. The molecule has 0 spiro atoms. The number of aryl methyl sites for hydroxylation is 1. The maximum atomic E-state index is 13.9. The van der Waals surface area contributed by atoms with Gasteiger partial charge in [0, 0.05) is 25.2 Å². The molecule has 1 aromatic rings. The summed E-state index contributed by atoms with van der Waals surface area (Å²) in [5.41, 5.74) is 0.747. The topological polar surface area (TPSA) is 15.3 Å². The smallest absolute Gasteiger partial charge is 0.146 e. The molecule has 0 bridgehead atoms. The first-order chi connectivity index (χ1) is 8.61. The van der Waals surface area contributed by atoms with E-state index in [2.05, 4.69) is 12.2 Å². The lowest BCUT2D eigenvalue weighted by molar-refractivity contribution is 0.524. The molecule has 0 saturated carbocycles. The lowest BCUT2D eigenvalue weighted by atomic mass is 10.1. The van der Waals surface area contributed by atoms with Gasteiger partial charge in [-0.3, -0.25) is 0 Å². The van der Waals surface area contributed by atoms with E-state index in [-0.39, 0.29) is 11.6 Å². The van der Waals surface area contributed by atoms with Crippen LogP contribution in [0, 0.1) is 18.6 Å². The first kappa shape index (κ1) is 13.3. The van der Waals surface area contributed by atoms with Crippen molar-refractivity contribution in [1.29, 1.82) is 0 Å². The quantitative estimate of drug-likeness (QED) is 0.873. The highest BCUT2D eigenvalue weighted by atomic mass is 19.1. The zero-order chi connectivity index (χ0) is 13.1. The maximum Gasteiger partial charge on any atom is 0.146 e. The molecule has 2 rings (SSSR count). The molecule has 0 amide bonds. The third-order valence-corrected chi connectivity index (χ3v) is 3.54. The second-order valence-electron chi connectivity index (χ2n) is 4.91. The molecule has 1 aliphatic rings. The van der Waals surface area contributed by atoms with Crippen molar-refractivity contribution in [1.82, 2.24) is 5.32 Å². The number of nitrogens with one attached hydrogen (secondary N) is 1. The Morgan fingerprint density at radius 3 is 2.83 bits per heavy atom. The van der Waals surface area contributed by atoms with Gasteiger partial charge in [-0.15, -0.1) is 0 Å². The van der Waals surface area contributed by atoms with E-state index in [1.165, 1.54) is 12.1 Å². The summed E-state index contributed by atoms with van der Waals surface area (Å²) in [6.07, 6.45) is 1.94. The Hall–Kier alpha value is -1.16. The Labute approximate surface area is 107 Å². The fraction of sp³-hybridized carbons (Fsp3) is 0.571.